The molecule has 3 heteroatoms. The zero-order valence-corrected chi connectivity index (χ0v) is 11.8. The van der Waals surface area contributed by atoms with Crippen molar-refractivity contribution in [2.75, 3.05) is 26.2 Å². The summed E-state index contributed by atoms with van der Waals surface area (Å²) in [6, 6.07) is 0. The van der Waals surface area contributed by atoms with E-state index in [1.165, 1.54) is 32.1 Å². The van der Waals surface area contributed by atoms with Crippen LogP contribution in [0, 0.1) is 0 Å². The molecule has 0 aromatic rings. The Morgan fingerprint density at radius 3 is 2.89 bits per heavy atom. The Morgan fingerprint density at radius 1 is 1.28 bits per heavy atom. The zero-order valence-electron chi connectivity index (χ0n) is 11.8. The molecule has 0 radical (unpaired) electrons. The fourth-order valence-electron chi connectivity index (χ4n) is 2.23. The maximum Gasteiger partial charge on any atom is 0.123 e. The summed E-state index contributed by atoms with van der Waals surface area (Å²) in [5, 5.41) is 9.01. The van der Waals surface area contributed by atoms with E-state index >= 15 is 0 Å². The van der Waals surface area contributed by atoms with E-state index in [0.717, 1.165) is 31.8 Å². The van der Waals surface area contributed by atoms with Crippen molar-refractivity contribution < 1.29 is 5.11 Å². The summed E-state index contributed by atoms with van der Waals surface area (Å²) < 4.78 is 0. The Bertz CT molecular complexity index is 261. The van der Waals surface area contributed by atoms with Crippen molar-refractivity contribution in [3.63, 3.8) is 0 Å². The van der Waals surface area contributed by atoms with Crippen LogP contribution in [0.15, 0.2) is 17.1 Å². The molecule has 0 aliphatic carbocycles. The summed E-state index contributed by atoms with van der Waals surface area (Å²) in [6.45, 7) is 5.12. The quantitative estimate of drug-likeness (QED) is 0.640. The normalized spacial score (nSPS) is 16.3. The first-order valence-corrected chi connectivity index (χ1v) is 7.45. The molecule has 1 rings (SSSR count). The van der Waals surface area contributed by atoms with E-state index in [1.807, 2.05) is 0 Å². The van der Waals surface area contributed by atoms with E-state index < -0.39 is 0 Å². The van der Waals surface area contributed by atoms with Crippen LogP contribution < -0.4 is 0 Å². The van der Waals surface area contributed by atoms with Crippen molar-refractivity contribution >= 4 is 5.84 Å². The molecule has 0 aromatic carbocycles. The highest BCUT2D eigenvalue weighted by Crippen LogP contribution is 2.07. The number of β-amino-alcohol motifs (C(OH)–C–C–N with tert-alkyl or cyclic N) is 1. The lowest BCUT2D eigenvalue weighted by Gasteiger charge is -2.26. The molecule has 0 spiro atoms. The molecule has 0 unspecified atom stereocenters. The summed E-state index contributed by atoms with van der Waals surface area (Å²) >= 11 is 0. The topological polar surface area (TPSA) is 35.8 Å². The molecule has 1 N–H and O–H groups in total. The van der Waals surface area contributed by atoms with Crippen molar-refractivity contribution in [1.29, 1.82) is 0 Å². The van der Waals surface area contributed by atoms with Crippen molar-refractivity contribution in [3.8, 4) is 0 Å². The molecular formula is C15H28N2O. The van der Waals surface area contributed by atoms with Gasteiger partial charge in [0.2, 0.25) is 0 Å². The third-order valence-electron chi connectivity index (χ3n) is 3.30. The summed E-state index contributed by atoms with van der Waals surface area (Å²) in [7, 11) is 0. The van der Waals surface area contributed by atoms with Gasteiger partial charge in [-0.05, 0) is 25.3 Å². The first-order valence-electron chi connectivity index (χ1n) is 7.45. The number of hydrogen-bond acceptors (Lipinski definition) is 3. The minimum Gasteiger partial charge on any atom is -0.395 e. The van der Waals surface area contributed by atoms with E-state index in [1.54, 1.807) is 0 Å². The number of amidine groups is 1. The summed E-state index contributed by atoms with van der Waals surface area (Å²) in [4.78, 5) is 6.70. The molecule has 3 nitrogen and oxygen atoms in total. The predicted octanol–water partition coefficient (Wildman–Crippen LogP) is 3.00. The van der Waals surface area contributed by atoms with Crippen LogP contribution in [0.2, 0.25) is 0 Å². The number of hydrogen-bond donors (Lipinski definition) is 1. The molecule has 0 amide bonds. The number of aliphatic hydroxyl groups excluding tert-OH is 1. The van der Waals surface area contributed by atoms with Crippen LogP contribution in [0.3, 0.4) is 0 Å². The van der Waals surface area contributed by atoms with Gasteiger partial charge < -0.3 is 10.0 Å². The molecule has 0 bridgehead atoms. The highest BCUT2D eigenvalue weighted by Gasteiger charge is 2.11. The lowest BCUT2D eigenvalue weighted by atomic mass is 10.1. The molecule has 0 saturated heterocycles. The van der Waals surface area contributed by atoms with Crippen LogP contribution in [-0.2, 0) is 0 Å². The standard InChI is InChI=1S/C15H28N2O/c1-2-3-4-5-6-7-8-10-15-16-11-9-12-17(15)13-14-18/h8,10,18H,2-7,9,11-14H2,1H3. The van der Waals surface area contributed by atoms with E-state index in [2.05, 4.69) is 29.0 Å². The maximum absolute atomic E-state index is 9.01. The van der Waals surface area contributed by atoms with Gasteiger partial charge in [-0.1, -0.05) is 38.7 Å². The highest BCUT2D eigenvalue weighted by atomic mass is 16.3. The van der Waals surface area contributed by atoms with Gasteiger partial charge in [0.05, 0.1) is 6.61 Å². The SMILES string of the molecule is CCCCCCCC=CC1=NCCCN1CCO. The predicted molar refractivity (Wildman–Crippen MR) is 78.1 cm³/mol. The monoisotopic (exact) mass is 252 g/mol. The smallest absolute Gasteiger partial charge is 0.123 e. The lowest BCUT2D eigenvalue weighted by Crippen LogP contribution is -2.36. The zero-order chi connectivity index (χ0) is 13.1. The van der Waals surface area contributed by atoms with E-state index in [-0.39, 0.29) is 6.61 Å². The first-order chi connectivity index (χ1) is 8.88. The lowest BCUT2D eigenvalue weighted by molar-refractivity contribution is 0.246. The van der Waals surface area contributed by atoms with Crippen LogP contribution in [0.4, 0.5) is 0 Å². The molecule has 0 saturated carbocycles. The van der Waals surface area contributed by atoms with Crippen molar-refractivity contribution in [2.45, 2.75) is 51.9 Å². The van der Waals surface area contributed by atoms with Crippen LogP contribution in [0.25, 0.3) is 0 Å². The Balaban J connectivity index is 2.20. The van der Waals surface area contributed by atoms with Gasteiger partial charge in [-0.15, -0.1) is 0 Å². The minimum atomic E-state index is 0.212. The van der Waals surface area contributed by atoms with Crippen LogP contribution in [0.5, 0.6) is 0 Å². The molecule has 0 atom stereocenters. The van der Waals surface area contributed by atoms with Gasteiger partial charge in [0, 0.05) is 19.6 Å². The number of rotatable bonds is 9. The van der Waals surface area contributed by atoms with Gasteiger partial charge in [0.25, 0.3) is 0 Å². The molecule has 1 aliphatic rings. The van der Waals surface area contributed by atoms with Crippen LogP contribution in [0.1, 0.15) is 51.9 Å². The first kappa shape index (κ1) is 15.2. The average Bonchev–Trinajstić information content (AvgIpc) is 2.40. The van der Waals surface area contributed by atoms with Crippen molar-refractivity contribution in [1.82, 2.24) is 4.90 Å². The molecule has 18 heavy (non-hydrogen) atoms. The summed E-state index contributed by atoms with van der Waals surface area (Å²) in [6.07, 6.45) is 13.3. The third kappa shape index (κ3) is 6.20. The Kier molecular flexibility index (Phi) is 8.57. The number of unbranched alkanes of at least 4 members (excludes halogenated alkanes) is 5. The fraction of sp³-hybridized carbons (Fsp3) is 0.800. The second-order valence-corrected chi connectivity index (χ2v) is 4.91. The minimum absolute atomic E-state index is 0.212. The maximum atomic E-state index is 9.01. The van der Waals surface area contributed by atoms with Crippen LogP contribution >= 0.6 is 0 Å². The number of allylic oxidation sites excluding steroid dienone is 1. The van der Waals surface area contributed by atoms with Crippen LogP contribution in [-0.4, -0.2) is 42.1 Å². The Labute approximate surface area is 112 Å². The van der Waals surface area contributed by atoms with Crippen molar-refractivity contribution in [3.05, 3.63) is 12.2 Å². The molecule has 104 valence electrons. The number of aliphatic hydroxyl groups is 1. The fourth-order valence-corrected chi connectivity index (χ4v) is 2.23. The average molecular weight is 252 g/mol. The second-order valence-electron chi connectivity index (χ2n) is 4.91. The summed E-state index contributed by atoms with van der Waals surface area (Å²) in [5.41, 5.74) is 0. The van der Waals surface area contributed by atoms with Gasteiger partial charge in [-0.3, -0.25) is 4.99 Å². The van der Waals surface area contributed by atoms with Gasteiger partial charge in [-0.25, -0.2) is 0 Å². The van der Waals surface area contributed by atoms with E-state index in [9.17, 15) is 0 Å². The van der Waals surface area contributed by atoms with Gasteiger partial charge in [-0.2, -0.15) is 0 Å². The molecule has 0 fully saturated rings. The second kappa shape index (κ2) is 10.1. The Hall–Kier alpha value is -0.830. The third-order valence-corrected chi connectivity index (χ3v) is 3.30. The van der Waals surface area contributed by atoms with E-state index in [4.69, 9.17) is 5.11 Å². The largest absolute Gasteiger partial charge is 0.395 e. The molecule has 1 heterocycles. The van der Waals surface area contributed by atoms with Gasteiger partial charge >= 0.3 is 0 Å². The summed E-state index contributed by atoms with van der Waals surface area (Å²) in [5.74, 6) is 1.06. The highest BCUT2D eigenvalue weighted by molar-refractivity contribution is 5.93. The molecule has 0 aromatic heterocycles. The Morgan fingerprint density at radius 2 is 2.11 bits per heavy atom. The molecule has 1 aliphatic heterocycles. The van der Waals surface area contributed by atoms with E-state index in [0.29, 0.717) is 6.54 Å². The van der Waals surface area contributed by atoms with Crippen molar-refractivity contribution in [2.24, 2.45) is 4.99 Å². The number of aliphatic imine (C=N–C) groups is 1. The number of nitrogens with zero attached hydrogens (tertiary/aromatic N) is 2. The van der Waals surface area contributed by atoms with Gasteiger partial charge in [0.15, 0.2) is 0 Å². The van der Waals surface area contributed by atoms with Gasteiger partial charge in [0.1, 0.15) is 5.84 Å². The molecular weight excluding hydrogens is 224 g/mol.